The van der Waals surface area contributed by atoms with E-state index in [9.17, 15) is 13.9 Å². The van der Waals surface area contributed by atoms with E-state index in [-0.39, 0.29) is 19.8 Å². The van der Waals surface area contributed by atoms with Crippen molar-refractivity contribution >= 4 is 0 Å². The van der Waals surface area contributed by atoms with Crippen molar-refractivity contribution in [3.05, 3.63) is 35.4 Å². The van der Waals surface area contributed by atoms with Crippen molar-refractivity contribution in [3.63, 3.8) is 0 Å². The van der Waals surface area contributed by atoms with E-state index >= 15 is 0 Å². The highest BCUT2D eigenvalue weighted by Gasteiger charge is 2.17. The number of morpholine rings is 1. The summed E-state index contributed by atoms with van der Waals surface area (Å²) in [6.45, 7) is 5.38. The maximum Gasteiger partial charge on any atom is 0.130 e. The van der Waals surface area contributed by atoms with Crippen LogP contribution < -0.4 is 0 Å². The molecule has 1 unspecified atom stereocenters. The quantitative estimate of drug-likeness (QED) is 0.495. The first-order chi connectivity index (χ1) is 12.6. The highest BCUT2D eigenvalue weighted by Crippen LogP contribution is 2.13. The van der Waals surface area contributed by atoms with Gasteiger partial charge in [-0.15, -0.1) is 6.42 Å². The number of hydrogen-bond acceptors (Lipinski definition) is 5. The lowest BCUT2D eigenvalue weighted by atomic mass is 10.2. The Kier molecular flexibility index (Phi) is 8.95. The van der Waals surface area contributed by atoms with Crippen LogP contribution in [0.3, 0.4) is 0 Å². The number of ether oxygens (including phenoxy) is 2. The lowest BCUT2D eigenvalue weighted by Crippen LogP contribution is -2.43. The molecule has 144 valence electrons. The number of aliphatic hydroxyl groups is 1. The van der Waals surface area contributed by atoms with Crippen LogP contribution in [-0.2, 0) is 16.0 Å². The summed E-state index contributed by atoms with van der Waals surface area (Å²) in [4.78, 5) is 4.20. The average molecular weight is 368 g/mol. The molecule has 1 aliphatic rings. The van der Waals surface area contributed by atoms with Crippen molar-refractivity contribution in [2.45, 2.75) is 12.6 Å². The van der Waals surface area contributed by atoms with E-state index in [0.717, 1.165) is 25.7 Å². The van der Waals surface area contributed by atoms with Gasteiger partial charge in [0, 0.05) is 50.9 Å². The number of terminal acetylenes is 1. The molecular weight excluding hydrogens is 342 g/mol. The standard InChI is InChI=1S/C19H26F2N2O3/c1-2-9-26-15-18(24)14-23(6-5-22-7-10-25-11-8-22)13-16-3-4-17(20)12-19(16)21/h1,3-4,12,18,24H,5-11,13-15H2. The van der Waals surface area contributed by atoms with Crippen LogP contribution in [0.15, 0.2) is 18.2 Å². The van der Waals surface area contributed by atoms with Crippen molar-refractivity contribution < 1.29 is 23.4 Å². The zero-order valence-electron chi connectivity index (χ0n) is 14.9. The molecule has 0 radical (unpaired) electrons. The largest absolute Gasteiger partial charge is 0.389 e. The molecule has 1 N–H and O–H groups in total. The molecule has 0 saturated carbocycles. The van der Waals surface area contributed by atoms with Crippen molar-refractivity contribution in [2.24, 2.45) is 0 Å². The predicted octanol–water partition coefficient (Wildman–Crippen LogP) is 1.11. The second kappa shape index (κ2) is 11.2. The lowest BCUT2D eigenvalue weighted by Gasteiger charge is -2.31. The number of benzene rings is 1. The highest BCUT2D eigenvalue weighted by atomic mass is 19.1. The van der Waals surface area contributed by atoms with Crippen molar-refractivity contribution in [1.82, 2.24) is 9.80 Å². The van der Waals surface area contributed by atoms with E-state index in [1.54, 1.807) is 0 Å². The lowest BCUT2D eigenvalue weighted by molar-refractivity contribution is 0.0135. The molecule has 1 atom stereocenters. The van der Waals surface area contributed by atoms with Crippen molar-refractivity contribution in [3.8, 4) is 12.3 Å². The molecule has 7 heteroatoms. The van der Waals surface area contributed by atoms with Crippen LogP contribution in [0, 0.1) is 24.0 Å². The Morgan fingerprint density at radius 3 is 2.81 bits per heavy atom. The van der Waals surface area contributed by atoms with Crippen LogP contribution in [0.2, 0.25) is 0 Å². The molecular formula is C19H26F2N2O3. The smallest absolute Gasteiger partial charge is 0.130 e. The molecule has 0 amide bonds. The normalized spacial score (nSPS) is 16.6. The molecule has 1 aromatic carbocycles. The fraction of sp³-hybridized carbons (Fsp3) is 0.579. The van der Waals surface area contributed by atoms with Gasteiger partial charge in [-0.3, -0.25) is 9.80 Å². The van der Waals surface area contributed by atoms with Gasteiger partial charge in [-0.1, -0.05) is 12.0 Å². The molecule has 2 rings (SSSR count). The zero-order valence-corrected chi connectivity index (χ0v) is 14.9. The summed E-state index contributed by atoms with van der Waals surface area (Å²) in [7, 11) is 0. The molecule has 1 aromatic rings. The van der Waals surface area contributed by atoms with E-state index < -0.39 is 17.7 Å². The molecule has 0 aliphatic carbocycles. The summed E-state index contributed by atoms with van der Waals surface area (Å²) >= 11 is 0. The third-order valence-electron chi connectivity index (χ3n) is 4.21. The van der Waals surface area contributed by atoms with Crippen LogP contribution in [0.25, 0.3) is 0 Å². The molecule has 0 aromatic heterocycles. The summed E-state index contributed by atoms with van der Waals surface area (Å²) < 4.78 is 37.6. The minimum Gasteiger partial charge on any atom is -0.389 e. The first kappa shape index (κ1) is 20.7. The van der Waals surface area contributed by atoms with Gasteiger partial charge < -0.3 is 14.6 Å². The van der Waals surface area contributed by atoms with Crippen molar-refractivity contribution in [1.29, 1.82) is 0 Å². The van der Waals surface area contributed by atoms with Gasteiger partial charge in [0.15, 0.2) is 0 Å². The Bertz CT molecular complexity index is 589. The summed E-state index contributed by atoms with van der Waals surface area (Å²) in [6, 6.07) is 3.56. The van der Waals surface area contributed by atoms with Gasteiger partial charge in [-0.25, -0.2) is 8.78 Å². The van der Waals surface area contributed by atoms with E-state index in [1.165, 1.54) is 12.1 Å². The number of halogens is 2. The number of rotatable bonds is 10. The van der Waals surface area contributed by atoms with Gasteiger partial charge in [-0.05, 0) is 6.07 Å². The van der Waals surface area contributed by atoms with E-state index in [1.807, 2.05) is 4.90 Å². The third kappa shape index (κ3) is 7.36. The zero-order chi connectivity index (χ0) is 18.8. The second-order valence-electron chi connectivity index (χ2n) is 6.30. The predicted molar refractivity (Wildman–Crippen MR) is 94.6 cm³/mol. The summed E-state index contributed by atoms with van der Waals surface area (Å²) in [5.74, 6) is 1.16. The second-order valence-corrected chi connectivity index (χ2v) is 6.30. The van der Waals surface area contributed by atoms with Gasteiger partial charge >= 0.3 is 0 Å². The topological polar surface area (TPSA) is 45.2 Å². The fourth-order valence-corrected chi connectivity index (χ4v) is 2.84. The Morgan fingerprint density at radius 2 is 2.12 bits per heavy atom. The van der Waals surface area contributed by atoms with Gasteiger partial charge in [0.05, 0.1) is 25.9 Å². The maximum atomic E-state index is 14.0. The molecule has 0 bridgehead atoms. The molecule has 1 heterocycles. The van der Waals surface area contributed by atoms with E-state index in [4.69, 9.17) is 15.9 Å². The monoisotopic (exact) mass is 368 g/mol. The number of nitrogens with zero attached hydrogens (tertiary/aromatic N) is 2. The van der Waals surface area contributed by atoms with Crippen LogP contribution in [0.5, 0.6) is 0 Å². The van der Waals surface area contributed by atoms with Gasteiger partial charge in [-0.2, -0.15) is 0 Å². The van der Waals surface area contributed by atoms with Gasteiger partial charge in [0.2, 0.25) is 0 Å². The van der Waals surface area contributed by atoms with E-state index in [0.29, 0.717) is 31.9 Å². The maximum absolute atomic E-state index is 14.0. The molecule has 5 nitrogen and oxygen atoms in total. The van der Waals surface area contributed by atoms with Crippen molar-refractivity contribution in [2.75, 3.05) is 59.2 Å². The SMILES string of the molecule is C#CCOCC(O)CN(CCN1CCOCC1)Cc1ccc(F)cc1F. The Hall–Kier alpha value is -1.56. The first-order valence-corrected chi connectivity index (χ1v) is 8.74. The summed E-state index contributed by atoms with van der Waals surface area (Å²) in [5, 5.41) is 10.2. The Morgan fingerprint density at radius 1 is 1.35 bits per heavy atom. The van der Waals surface area contributed by atoms with Crippen LogP contribution in [-0.4, -0.2) is 80.2 Å². The van der Waals surface area contributed by atoms with Crippen LogP contribution in [0.4, 0.5) is 8.78 Å². The van der Waals surface area contributed by atoms with Gasteiger partial charge in [0.1, 0.15) is 18.2 Å². The van der Waals surface area contributed by atoms with E-state index in [2.05, 4.69) is 10.8 Å². The minimum absolute atomic E-state index is 0.115. The molecule has 1 saturated heterocycles. The van der Waals surface area contributed by atoms with Crippen LogP contribution >= 0.6 is 0 Å². The fourth-order valence-electron chi connectivity index (χ4n) is 2.84. The third-order valence-corrected chi connectivity index (χ3v) is 4.21. The van der Waals surface area contributed by atoms with Crippen LogP contribution in [0.1, 0.15) is 5.56 Å². The summed E-state index contributed by atoms with van der Waals surface area (Å²) in [6.07, 6.45) is 4.38. The highest BCUT2D eigenvalue weighted by molar-refractivity contribution is 5.18. The molecule has 0 spiro atoms. The molecule has 26 heavy (non-hydrogen) atoms. The molecule has 1 aliphatic heterocycles. The van der Waals surface area contributed by atoms with Gasteiger partial charge in [0.25, 0.3) is 0 Å². The Balaban J connectivity index is 1.93. The average Bonchev–Trinajstić information content (AvgIpc) is 2.63. The first-order valence-electron chi connectivity index (χ1n) is 8.74. The number of hydrogen-bond donors (Lipinski definition) is 1. The molecule has 1 fully saturated rings. The summed E-state index contributed by atoms with van der Waals surface area (Å²) in [5.41, 5.74) is 0.394. The number of aliphatic hydroxyl groups excluding tert-OH is 1. The Labute approximate surface area is 153 Å². The minimum atomic E-state index is -0.739.